The fourth-order valence-corrected chi connectivity index (χ4v) is 3.37. The molecule has 3 aromatic rings. The minimum Gasteiger partial charge on any atom is -0.394 e. The number of nitrogens with zero attached hydrogens (tertiary/aromatic N) is 2. The molecule has 0 unspecified atom stereocenters. The van der Waals surface area contributed by atoms with Gasteiger partial charge >= 0.3 is 0 Å². The van der Waals surface area contributed by atoms with Gasteiger partial charge in [-0.15, -0.1) is 0 Å². The summed E-state index contributed by atoms with van der Waals surface area (Å²) in [5, 5.41) is 9.61. The molecule has 0 spiro atoms. The van der Waals surface area contributed by atoms with E-state index in [1.165, 1.54) is 6.07 Å². The van der Waals surface area contributed by atoms with Gasteiger partial charge in [-0.25, -0.2) is 9.87 Å². The van der Waals surface area contributed by atoms with Gasteiger partial charge in [-0.1, -0.05) is 17.7 Å². The Morgan fingerprint density at radius 3 is 2.96 bits per heavy atom. The van der Waals surface area contributed by atoms with Gasteiger partial charge in [-0.05, 0) is 40.8 Å². The van der Waals surface area contributed by atoms with Crippen LogP contribution in [0.2, 0.25) is 5.02 Å². The summed E-state index contributed by atoms with van der Waals surface area (Å²) in [7, 11) is 0. The van der Waals surface area contributed by atoms with Crippen molar-refractivity contribution in [2.75, 3.05) is 13.2 Å². The fourth-order valence-electron chi connectivity index (χ4n) is 2.57. The summed E-state index contributed by atoms with van der Waals surface area (Å²) >= 11 is 8.42. The van der Waals surface area contributed by atoms with Crippen molar-refractivity contribution >= 4 is 51.0 Å². The number of nitrogens with one attached hydrogen (secondary N) is 1. The van der Waals surface area contributed by atoms with Gasteiger partial charge in [-0.2, -0.15) is 0 Å². The molecule has 2 aromatic heterocycles. The van der Waals surface area contributed by atoms with Gasteiger partial charge in [-0.3, -0.25) is 14.6 Å². The number of halogens is 3. The van der Waals surface area contributed by atoms with Gasteiger partial charge in [0.15, 0.2) is 0 Å². The second-order valence-corrected chi connectivity index (χ2v) is 7.00. The van der Waals surface area contributed by atoms with E-state index in [0.717, 1.165) is 3.57 Å². The van der Waals surface area contributed by atoms with Crippen molar-refractivity contribution in [2.45, 2.75) is 6.54 Å². The Morgan fingerprint density at radius 2 is 2.23 bits per heavy atom. The number of benzene rings is 1. The monoisotopic (exact) mass is 489 g/mol. The van der Waals surface area contributed by atoms with Crippen LogP contribution in [0.4, 0.5) is 4.39 Å². The minimum absolute atomic E-state index is 0.0586. The number of aromatic nitrogens is 2. The van der Waals surface area contributed by atoms with E-state index in [1.807, 2.05) is 22.6 Å². The van der Waals surface area contributed by atoms with Crippen LogP contribution in [0.3, 0.4) is 0 Å². The molecule has 0 saturated heterocycles. The quantitative estimate of drug-likeness (QED) is 0.317. The van der Waals surface area contributed by atoms with Gasteiger partial charge in [0.25, 0.3) is 5.91 Å². The summed E-state index contributed by atoms with van der Waals surface area (Å²) < 4.78 is 16.7. The van der Waals surface area contributed by atoms with Gasteiger partial charge in [0.1, 0.15) is 11.5 Å². The zero-order valence-corrected chi connectivity index (χ0v) is 16.3. The molecule has 136 valence electrons. The van der Waals surface area contributed by atoms with Gasteiger partial charge < -0.3 is 9.67 Å². The maximum absolute atomic E-state index is 14.3. The van der Waals surface area contributed by atoms with Crippen molar-refractivity contribution in [3.05, 3.63) is 62.3 Å². The van der Waals surface area contributed by atoms with Crippen LogP contribution in [0.15, 0.2) is 36.7 Å². The average Bonchev–Trinajstić information content (AvgIpc) is 2.90. The number of hydrogen-bond acceptors (Lipinski definition) is 4. The molecule has 0 aliphatic heterocycles. The molecule has 0 aliphatic carbocycles. The lowest BCUT2D eigenvalue weighted by Crippen LogP contribution is -2.28. The van der Waals surface area contributed by atoms with E-state index in [2.05, 4.69) is 10.5 Å². The predicted molar refractivity (Wildman–Crippen MR) is 103 cm³/mol. The second-order valence-electron chi connectivity index (χ2n) is 5.38. The standard InChI is InChI=1S/C17H14ClFIN3O3/c18-15-12-3-4-21-8-14(12)23(16(15)17(25)22-26-6-5-24)9-10-1-2-11(20)7-13(10)19/h1-4,7-8,24H,5-6,9H2,(H,22,25). The molecule has 0 bridgehead atoms. The number of aliphatic hydroxyl groups is 1. The van der Waals surface area contributed by atoms with Crippen molar-refractivity contribution in [1.82, 2.24) is 15.0 Å². The van der Waals surface area contributed by atoms with Gasteiger partial charge in [0, 0.05) is 20.7 Å². The summed E-state index contributed by atoms with van der Waals surface area (Å²) in [5.41, 5.74) is 3.37. The van der Waals surface area contributed by atoms with Gasteiger partial charge in [0.2, 0.25) is 0 Å². The number of hydroxylamine groups is 1. The molecule has 3 rings (SSSR count). The van der Waals surface area contributed by atoms with Crippen LogP contribution >= 0.6 is 34.2 Å². The molecule has 2 heterocycles. The number of hydrogen-bond donors (Lipinski definition) is 2. The number of carbonyl (C=O) groups is 1. The summed E-state index contributed by atoms with van der Waals surface area (Å²) in [6.45, 7) is -0.202. The fraction of sp³-hybridized carbons (Fsp3) is 0.176. The molecule has 26 heavy (non-hydrogen) atoms. The third kappa shape index (κ3) is 3.83. The molecular weight excluding hydrogens is 476 g/mol. The lowest BCUT2D eigenvalue weighted by molar-refractivity contribution is 0.0162. The van der Waals surface area contributed by atoms with Crippen LogP contribution in [-0.2, 0) is 11.4 Å². The molecule has 0 atom stereocenters. The van der Waals surface area contributed by atoms with Crippen LogP contribution in [0.5, 0.6) is 0 Å². The van der Waals surface area contributed by atoms with Crippen LogP contribution in [0, 0.1) is 9.39 Å². The SMILES string of the molecule is O=C(NOCCO)c1c(Cl)c2ccncc2n1Cc1ccc(I)cc1F. The smallest absolute Gasteiger partial charge is 0.293 e. The largest absolute Gasteiger partial charge is 0.394 e. The normalized spacial score (nSPS) is 11.1. The molecule has 2 N–H and O–H groups in total. The van der Waals surface area contributed by atoms with Crippen LogP contribution in [0.1, 0.15) is 16.1 Å². The Labute approximate surface area is 167 Å². The summed E-state index contributed by atoms with van der Waals surface area (Å²) in [5.74, 6) is -0.966. The van der Waals surface area contributed by atoms with Crippen LogP contribution in [-0.4, -0.2) is 33.8 Å². The Balaban J connectivity index is 2.07. The summed E-state index contributed by atoms with van der Waals surface area (Å²) in [6.07, 6.45) is 3.13. The molecule has 9 heteroatoms. The first-order chi connectivity index (χ1) is 12.5. The highest BCUT2D eigenvalue weighted by molar-refractivity contribution is 14.1. The number of pyridine rings is 1. The number of carbonyl (C=O) groups excluding carboxylic acids is 1. The van der Waals surface area contributed by atoms with Crippen molar-refractivity contribution in [1.29, 1.82) is 0 Å². The number of amides is 1. The third-order valence-electron chi connectivity index (χ3n) is 3.72. The Kier molecular flexibility index (Phi) is 6.07. The Morgan fingerprint density at radius 1 is 1.42 bits per heavy atom. The molecule has 1 amide bonds. The maximum atomic E-state index is 14.3. The van der Waals surface area contributed by atoms with E-state index in [4.69, 9.17) is 21.5 Å². The zero-order chi connectivity index (χ0) is 18.7. The highest BCUT2D eigenvalue weighted by Gasteiger charge is 2.23. The highest BCUT2D eigenvalue weighted by atomic mass is 127. The van der Waals surface area contributed by atoms with Crippen molar-refractivity contribution in [3.63, 3.8) is 0 Å². The topological polar surface area (TPSA) is 76.4 Å². The van der Waals surface area contributed by atoms with E-state index < -0.39 is 5.91 Å². The maximum Gasteiger partial charge on any atom is 0.293 e. The van der Waals surface area contributed by atoms with E-state index in [0.29, 0.717) is 16.5 Å². The molecule has 6 nitrogen and oxygen atoms in total. The highest BCUT2D eigenvalue weighted by Crippen LogP contribution is 2.31. The van der Waals surface area contributed by atoms with E-state index in [1.54, 1.807) is 35.2 Å². The van der Waals surface area contributed by atoms with E-state index in [-0.39, 0.29) is 36.3 Å². The first kappa shape index (κ1) is 19.0. The van der Waals surface area contributed by atoms with E-state index in [9.17, 15) is 9.18 Å². The van der Waals surface area contributed by atoms with Crippen molar-refractivity contribution in [2.24, 2.45) is 0 Å². The molecule has 0 saturated carbocycles. The zero-order valence-electron chi connectivity index (χ0n) is 13.4. The number of fused-ring (bicyclic) bond motifs is 1. The number of aliphatic hydroxyl groups excluding tert-OH is 1. The molecule has 0 fully saturated rings. The summed E-state index contributed by atoms with van der Waals surface area (Å²) in [4.78, 5) is 21.5. The predicted octanol–water partition coefficient (Wildman–Crippen LogP) is 3.14. The molecule has 1 aromatic carbocycles. The molecule has 0 aliphatic rings. The van der Waals surface area contributed by atoms with Crippen LogP contribution < -0.4 is 5.48 Å². The lowest BCUT2D eigenvalue weighted by atomic mass is 10.2. The average molecular weight is 490 g/mol. The second kappa shape index (κ2) is 8.30. The van der Waals surface area contributed by atoms with Crippen LogP contribution in [0.25, 0.3) is 10.9 Å². The summed E-state index contributed by atoms with van der Waals surface area (Å²) in [6, 6.07) is 6.56. The first-order valence-electron chi connectivity index (χ1n) is 7.61. The molecule has 0 radical (unpaired) electrons. The van der Waals surface area contributed by atoms with Gasteiger partial charge in [0.05, 0.1) is 36.5 Å². The molecular formula is C17H14ClFIN3O3. The number of rotatable bonds is 6. The first-order valence-corrected chi connectivity index (χ1v) is 9.07. The Hall–Kier alpha value is -1.75. The lowest BCUT2D eigenvalue weighted by Gasteiger charge is -2.12. The van der Waals surface area contributed by atoms with E-state index >= 15 is 0 Å². The minimum atomic E-state index is -0.592. The third-order valence-corrected chi connectivity index (χ3v) is 4.78. The van der Waals surface area contributed by atoms with Crippen molar-refractivity contribution < 1.29 is 19.1 Å². The van der Waals surface area contributed by atoms with Crippen molar-refractivity contribution in [3.8, 4) is 0 Å². The Bertz CT molecular complexity index is 964.